The first-order chi connectivity index (χ1) is 9.74. The second kappa shape index (κ2) is 5.16. The van der Waals surface area contributed by atoms with Gasteiger partial charge in [0, 0.05) is 12.4 Å². The van der Waals surface area contributed by atoms with Crippen molar-refractivity contribution in [3.05, 3.63) is 54.1 Å². The maximum Gasteiger partial charge on any atom is 0.268 e. The van der Waals surface area contributed by atoms with E-state index < -0.39 is 6.04 Å². The van der Waals surface area contributed by atoms with E-state index in [1.807, 2.05) is 18.2 Å². The number of carbonyl (C=O) groups excluding carboxylic acids is 2. The molecule has 1 aliphatic heterocycles. The summed E-state index contributed by atoms with van der Waals surface area (Å²) in [5, 5.41) is 5.49. The Bertz CT molecular complexity index is 636. The van der Waals surface area contributed by atoms with Gasteiger partial charge >= 0.3 is 0 Å². The zero-order chi connectivity index (χ0) is 13.9. The lowest BCUT2D eigenvalue weighted by molar-refractivity contribution is -0.123. The standard InChI is InChI=1S/C14H14N4O2/c19-13(16-8-10-4-1-2-6-15-10)11-9-18-7-3-5-12(18)14(20)17-11/h1-7,11H,8-9H2,(H,16,19)(H,17,20). The second-order valence-corrected chi connectivity index (χ2v) is 4.61. The Hall–Kier alpha value is -2.63. The number of amides is 2. The Labute approximate surface area is 115 Å². The molecule has 3 heterocycles. The Balaban J connectivity index is 1.63. The average Bonchev–Trinajstić information content (AvgIpc) is 2.95. The van der Waals surface area contributed by atoms with Gasteiger partial charge in [0.2, 0.25) is 5.91 Å². The first kappa shape index (κ1) is 12.4. The highest BCUT2D eigenvalue weighted by atomic mass is 16.2. The fourth-order valence-electron chi connectivity index (χ4n) is 2.21. The number of nitrogens with one attached hydrogen (secondary N) is 2. The topological polar surface area (TPSA) is 76.0 Å². The highest BCUT2D eigenvalue weighted by molar-refractivity contribution is 5.97. The van der Waals surface area contributed by atoms with E-state index in [1.165, 1.54) is 0 Å². The molecule has 0 spiro atoms. The number of rotatable bonds is 3. The van der Waals surface area contributed by atoms with Crippen LogP contribution < -0.4 is 10.6 Å². The predicted octanol–water partition coefficient (Wildman–Crippen LogP) is 0.311. The molecule has 2 aromatic heterocycles. The first-order valence-electron chi connectivity index (χ1n) is 6.37. The van der Waals surface area contributed by atoms with Crippen LogP contribution in [0.4, 0.5) is 0 Å². The Morgan fingerprint density at radius 3 is 3.10 bits per heavy atom. The van der Waals surface area contributed by atoms with E-state index in [9.17, 15) is 9.59 Å². The van der Waals surface area contributed by atoms with Gasteiger partial charge in [-0.1, -0.05) is 6.07 Å². The molecule has 2 N–H and O–H groups in total. The summed E-state index contributed by atoms with van der Waals surface area (Å²) in [5.74, 6) is -0.428. The van der Waals surface area contributed by atoms with Gasteiger partial charge in [0.15, 0.2) is 0 Å². The molecule has 6 heteroatoms. The lowest BCUT2D eigenvalue weighted by Gasteiger charge is -2.24. The van der Waals surface area contributed by atoms with Crippen molar-refractivity contribution in [3.8, 4) is 0 Å². The van der Waals surface area contributed by atoms with Gasteiger partial charge in [-0.15, -0.1) is 0 Å². The summed E-state index contributed by atoms with van der Waals surface area (Å²) in [5.41, 5.74) is 1.36. The molecule has 6 nitrogen and oxygen atoms in total. The molecular formula is C14H14N4O2. The summed E-state index contributed by atoms with van der Waals surface area (Å²) in [7, 11) is 0. The van der Waals surface area contributed by atoms with Crippen molar-refractivity contribution in [2.75, 3.05) is 0 Å². The molecule has 0 saturated heterocycles. The Kier molecular flexibility index (Phi) is 3.20. The van der Waals surface area contributed by atoms with Gasteiger partial charge in [-0.2, -0.15) is 0 Å². The van der Waals surface area contributed by atoms with Crippen LogP contribution in [0.15, 0.2) is 42.7 Å². The van der Waals surface area contributed by atoms with Crippen molar-refractivity contribution in [3.63, 3.8) is 0 Å². The molecule has 3 rings (SSSR count). The average molecular weight is 270 g/mol. The molecular weight excluding hydrogens is 256 g/mol. The van der Waals surface area contributed by atoms with E-state index in [1.54, 1.807) is 29.1 Å². The number of hydrogen-bond donors (Lipinski definition) is 2. The smallest absolute Gasteiger partial charge is 0.268 e. The van der Waals surface area contributed by atoms with Crippen LogP contribution in [0.5, 0.6) is 0 Å². The van der Waals surface area contributed by atoms with Gasteiger partial charge in [-0.25, -0.2) is 0 Å². The summed E-state index contributed by atoms with van der Waals surface area (Å²) >= 11 is 0. The van der Waals surface area contributed by atoms with E-state index >= 15 is 0 Å². The summed E-state index contributed by atoms with van der Waals surface area (Å²) < 4.78 is 1.78. The number of carbonyl (C=O) groups is 2. The summed E-state index contributed by atoms with van der Waals surface area (Å²) in [6.07, 6.45) is 3.48. The molecule has 0 fully saturated rings. The molecule has 1 atom stereocenters. The van der Waals surface area contributed by atoms with Crippen LogP contribution in [0.25, 0.3) is 0 Å². The van der Waals surface area contributed by atoms with Crippen molar-refractivity contribution in [2.45, 2.75) is 19.1 Å². The molecule has 0 radical (unpaired) electrons. The quantitative estimate of drug-likeness (QED) is 0.843. The number of nitrogens with zero attached hydrogens (tertiary/aromatic N) is 2. The van der Waals surface area contributed by atoms with E-state index in [2.05, 4.69) is 15.6 Å². The van der Waals surface area contributed by atoms with Crippen molar-refractivity contribution in [1.29, 1.82) is 0 Å². The number of aromatic nitrogens is 2. The van der Waals surface area contributed by atoms with Crippen molar-refractivity contribution < 1.29 is 9.59 Å². The maximum atomic E-state index is 12.1. The minimum atomic E-state index is -0.550. The van der Waals surface area contributed by atoms with Gasteiger partial charge in [0.1, 0.15) is 11.7 Å². The molecule has 1 aliphatic rings. The zero-order valence-corrected chi connectivity index (χ0v) is 10.7. The van der Waals surface area contributed by atoms with Gasteiger partial charge in [-0.05, 0) is 24.3 Å². The molecule has 2 amide bonds. The third-order valence-electron chi connectivity index (χ3n) is 3.23. The zero-order valence-electron chi connectivity index (χ0n) is 10.7. The summed E-state index contributed by atoms with van der Waals surface area (Å²) in [6, 6.07) is 8.50. The van der Waals surface area contributed by atoms with Crippen LogP contribution in [0.3, 0.4) is 0 Å². The van der Waals surface area contributed by atoms with Crippen LogP contribution >= 0.6 is 0 Å². The monoisotopic (exact) mass is 270 g/mol. The van der Waals surface area contributed by atoms with Crippen molar-refractivity contribution in [1.82, 2.24) is 20.2 Å². The minimum absolute atomic E-state index is 0.205. The second-order valence-electron chi connectivity index (χ2n) is 4.61. The maximum absolute atomic E-state index is 12.1. The fourth-order valence-corrected chi connectivity index (χ4v) is 2.21. The van der Waals surface area contributed by atoms with Crippen molar-refractivity contribution >= 4 is 11.8 Å². The molecule has 2 aromatic rings. The van der Waals surface area contributed by atoms with Gasteiger partial charge in [0.25, 0.3) is 5.91 Å². The highest BCUT2D eigenvalue weighted by Crippen LogP contribution is 2.09. The minimum Gasteiger partial charge on any atom is -0.349 e. The molecule has 0 bridgehead atoms. The van der Waals surface area contributed by atoms with Crippen molar-refractivity contribution in [2.24, 2.45) is 0 Å². The van der Waals surface area contributed by atoms with Gasteiger partial charge in [0.05, 0.1) is 18.8 Å². The molecule has 0 aromatic carbocycles. The normalized spacial score (nSPS) is 17.2. The van der Waals surface area contributed by atoms with Gasteiger partial charge < -0.3 is 15.2 Å². The van der Waals surface area contributed by atoms with Crippen LogP contribution in [0.2, 0.25) is 0 Å². The summed E-state index contributed by atoms with van der Waals surface area (Å²) in [6.45, 7) is 0.798. The number of hydrogen-bond acceptors (Lipinski definition) is 3. The van der Waals surface area contributed by atoms with E-state index in [0.717, 1.165) is 5.69 Å². The molecule has 1 unspecified atom stereocenters. The SMILES string of the molecule is O=C1NC(C(=O)NCc2ccccn2)Cn2cccc21. The van der Waals surface area contributed by atoms with E-state index in [-0.39, 0.29) is 11.8 Å². The largest absolute Gasteiger partial charge is 0.349 e. The van der Waals surface area contributed by atoms with Crippen LogP contribution in [-0.2, 0) is 17.9 Å². The Morgan fingerprint density at radius 2 is 2.30 bits per heavy atom. The molecule has 102 valence electrons. The number of fused-ring (bicyclic) bond motifs is 1. The van der Waals surface area contributed by atoms with Crippen LogP contribution in [0.1, 0.15) is 16.2 Å². The third-order valence-corrected chi connectivity index (χ3v) is 3.23. The molecule has 0 saturated carbocycles. The molecule has 20 heavy (non-hydrogen) atoms. The lowest BCUT2D eigenvalue weighted by atomic mass is 10.2. The van der Waals surface area contributed by atoms with Crippen LogP contribution in [0, 0.1) is 0 Å². The molecule has 0 aliphatic carbocycles. The first-order valence-corrected chi connectivity index (χ1v) is 6.37. The summed E-state index contributed by atoms with van der Waals surface area (Å²) in [4.78, 5) is 28.0. The van der Waals surface area contributed by atoms with Crippen LogP contribution in [-0.4, -0.2) is 27.4 Å². The number of pyridine rings is 1. The van der Waals surface area contributed by atoms with E-state index in [0.29, 0.717) is 18.8 Å². The predicted molar refractivity (Wildman–Crippen MR) is 71.8 cm³/mol. The Morgan fingerprint density at radius 1 is 1.40 bits per heavy atom. The highest BCUT2D eigenvalue weighted by Gasteiger charge is 2.28. The van der Waals surface area contributed by atoms with Gasteiger partial charge in [-0.3, -0.25) is 14.6 Å². The lowest BCUT2D eigenvalue weighted by Crippen LogP contribution is -2.52. The van der Waals surface area contributed by atoms with E-state index in [4.69, 9.17) is 0 Å². The fraction of sp³-hybridized carbons (Fsp3) is 0.214. The third kappa shape index (κ3) is 2.40.